The Morgan fingerprint density at radius 3 is 2.33 bits per heavy atom. The average Bonchev–Trinajstić information content (AvgIpc) is 2.58. The van der Waals surface area contributed by atoms with E-state index in [1.807, 2.05) is 0 Å². The topological polar surface area (TPSA) is 104 Å². The fourth-order valence-corrected chi connectivity index (χ4v) is 3.50. The summed E-state index contributed by atoms with van der Waals surface area (Å²) in [5.74, 6) is -1.16. The molecular formula is C17H13NO5S. The number of carbonyl (C=O) groups is 1. The van der Waals surface area contributed by atoms with Gasteiger partial charge in [-0.15, -0.1) is 0 Å². The van der Waals surface area contributed by atoms with Crippen LogP contribution in [-0.4, -0.2) is 24.6 Å². The predicted octanol–water partition coefficient (Wildman–Crippen LogP) is 3.04. The number of anilines is 1. The van der Waals surface area contributed by atoms with Gasteiger partial charge in [0, 0.05) is 10.8 Å². The maximum atomic E-state index is 12.5. The Morgan fingerprint density at radius 2 is 1.62 bits per heavy atom. The first kappa shape index (κ1) is 15.8. The monoisotopic (exact) mass is 343 g/mol. The number of phenolic OH excluding ortho intramolecular Hbond substituents is 1. The second-order valence-electron chi connectivity index (χ2n) is 5.12. The highest BCUT2D eigenvalue weighted by molar-refractivity contribution is 7.92. The van der Waals surface area contributed by atoms with Gasteiger partial charge in [-0.1, -0.05) is 30.3 Å². The molecule has 0 bridgehead atoms. The summed E-state index contributed by atoms with van der Waals surface area (Å²) in [6.07, 6.45) is 0. The highest BCUT2D eigenvalue weighted by Gasteiger charge is 2.18. The van der Waals surface area contributed by atoms with Crippen molar-refractivity contribution < 1.29 is 23.4 Å². The van der Waals surface area contributed by atoms with Crippen molar-refractivity contribution in [2.24, 2.45) is 0 Å². The van der Waals surface area contributed by atoms with Crippen LogP contribution in [0.5, 0.6) is 5.75 Å². The molecule has 0 fully saturated rings. The lowest BCUT2D eigenvalue weighted by atomic mass is 10.1. The number of nitrogens with one attached hydrogen (secondary N) is 1. The van der Waals surface area contributed by atoms with Crippen molar-refractivity contribution in [2.75, 3.05) is 4.72 Å². The molecule has 3 N–H and O–H groups in total. The lowest BCUT2D eigenvalue weighted by Crippen LogP contribution is -2.14. The van der Waals surface area contributed by atoms with Crippen LogP contribution in [0.3, 0.4) is 0 Å². The number of hydrogen-bond acceptors (Lipinski definition) is 4. The number of aromatic hydroxyl groups is 1. The molecule has 0 saturated carbocycles. The van der Waals surface area contributed by atoms with Gasteiger partial charge in [0.2, 0.25) is 0 Å². The zero-order chi connectivity index (χ0) is 17.3. The minimum Gasteiger partial charge on any atom is -0.507 e. The van der Waals surface area contributed by atoms with Gasteiger partial charge in [-0.2, -0.15) is 0 Å². The third kappa shape index (κ3) is 2.89. The van der Waals surface area contributed by atoms with Crippen LogP contribution in [0.4, 0.5) is 5.69 Å². The molecule has 122 valence electrons. The Morgan fingerprint density at radius 1 is 0.917 bits per heavy atom. The van der Waals surface area contributed by atoms with Crippen molar-refractivity contribution in [2.45, 2.75) is 4.90 Å². The van der Waals surface area contributed by atoms with E-state index in [1.54, 1.807) is 24.3 Å². The highest BCUT2D eigenvalue weighted by Crippen LogP contribution is 2.31. The molecule has 3 rings (SSSR count). The van der Waals surface area contributed by atoms with Crippen LogP contribution >= 0.6 is 0 Å². The summed E-state index contributed by atoms with van der Waals surface area (Å²) in [6.45, 7) is 0. The molecule has 6 nitrogen and oxygen atoms in total. The van der Waals surface area contributed by atoms with Crippen LogP contribution in [0.2, 0.25) is 0 Å². The van der Waals surface area contributed by atoms with E-state index in [1.165, 1.54) is 30.3 Å². The van der Waals surface area contributed by atoms with Crippen molar-refractivity contribution >= 4 is 32.5 Å². The van der Waals surface area contributed by atoms with Crippen molar-refractivity contribution in [1.29, 1.82) is 0 Å². The molecule has 0 aliphatic heterocycles. The van der Waals surface area contributed by atoms with E-state index in [4.69, 9.17) is 5.11 Å². The number of carboxylic acids is 1. The van der Waals surface area contributed by atoms with Crippen molar-refractivity contribution in [3.63, 3.8) is 0 Å². The minimum absolute atomic E-state index is 0.0430. The Labute approximate surface area is 138 Å². The second-order valence-corrected chi connectivity index (χ2v) is 6.80. The van der Waals surface area contributed by atoms with Gasteiger partial charge in [-0.25, -0.2) is 13.2 Å². The average molecular weight is 343 g/mol. The SMILES string of the molecule is O=C(O)c1cccc(S(=O)(=O)Nc2ccc(O)c3ccccc23)c1. The minimum atomic E-state index is -3.97. The molecule has 0 heterocycles. The van der Waals surface area contributed by atoms with E-state index in [-0.39, 0.29) is 16.2 Å². The standard InChI is InChI=1S/C17H13NO5S/c19-16-9-8-15(13-6-1-2-7-14(13)16)18-24(22,23)12-5-3-4-11(10-12)17(20)21/h1-10,18-19H,(H,20,21). The molecule has 24 heavy (non-hydrogen) atoms. The molecule has 3 aromatic rings. The van der Waals surface area contributed by atoms with Gasteiger partial charge in [0.25, 0.3) is 10.0 Å². The molecule has 0 aliphatic rings. The lowest BCUT2D eigenvalue weighted by Gasteiger charge is -2.12. The van der Waals surface area contributed by atoms with Gasteiger partial charge in [0.1, 0.15) is 5.75 Å². The van der Waals surface area contributed by atoms with Crippen molar-refractivity contribution in [1.82, 2.24) is 0 Å². The second kappa shape index (κ2) is 5.86. The molecule has 0 spiro atoms. The maximum absolute atomic E-state index is 12.5. The summed E-state index contributed by atoms with van der Waals surface area (Å²) in [5.41, 5.74) is 0.178. The van der Waals surface area contributed by atoms with E-state index in [0.29, 0.717) is 16.5 Å². The number of aromatic carboxylic acids is 1. The molecule has 0 unspecified atom stereocenters. The van der Waals surface area contributed by atoms with Crippen LogP contribution in [0, 0.1) is 0 Å². The smallest absolute Gasteiger partial charge is 0.335 e. The third-order valence-electron chi connectivity index (χ3n) is 3.54. The molecule has 0 aromatic heterocycles. The summed E-state index contributed by atoms with van der Waals surface area (Å²) in [6, 6.07) is 14.8. The summed E-state index contributed by atoms with van der Waals surface area (Å²) in [4.78, 5) is 10.9. The lowest BCUT2D eigenvalue weighted by molar-refractivity contribution is 0.0696. The molecule has 0 saturated heterocycles. The Hall–Kier alpha value is -3.06. The summed E-state index contributed by atoms with van der Waals surface area (Å²) in [5, 5.41) is 19.9. The fraction of sp³-hybridized carbons (Fsp3) is 0. The number of benzene rings is 3. The number of rotatable bonds is 4. The van der Waals surface area contributed by atoms with Crippen LogP contribution in [0.25, 0.3) is 10.8 Å². The van der Waals surface area contributed by atoms with Gasteiger partial charge in [0.15, 0.2) is 0 Å². The van der Waals surface area contributed by atoms with E-state index < -0.39 is 16.0 Å². The van der Waals surface area contributed by atoms with Gasteiger partial charge in [0.05, 0.1) is 16.1 Å². The van der Waals surface area contributed by atoms with Crippen molar-refractivity contribution in [3.8, 4) is 5.75 Å². The quantitative estimate of drug-likeness (QED) is 0.632. The number of phenols is 1. The number of hydrogen-bond donors (Lipinski definition) is 3. The molecule has 0 amide bonds. The number of carboxylic acid groups (broad SMARTS) is 1. The summed E-state index contributed by atoms with van der Waals surface area (Å²) in [7, 11) is -3.97. The highest BCUT2D eigenvalue weighted by atomic mass is 32.2. The molecule has 0 radical (unpaired) electrons. The largest absolute Gasteiger partial charge is 0.507 e. The van der Waals surface area contributed by atoms with Crippen LogP contribution in [-0.2, 0) is 10.0 Å². The van der Waals surface area contributed by atoms with E-state index in [0.717, 1.165) is 6.07 Å². The fourth-order valence-electron chi connectivity index (χ4n) is 2.37. The van der Waals surface area contributed by atoms with Gasteiger partial charge in [-0.3, -0.25) is 4.72 Å². The Bertz CT molecular complexity index is 1040. The van der Waals surface area contributed by atoms with Gasteiger partial charge >= 0.3 is 5.97 Å². The summed E-state index contributed by atoms with van der Waals surface area (Å²) < 4.78 is 27.5. The molecular weight excluding hydrogens is 330 g/mol. The Kier molecular flexibility index (Phi) is 3.86. The number of sulfonamides is 1. The van der Waals surface area contributed by atoms with E-state index >= 15 is 0 Å². The molecule has 7 heteroatoms. The van der Waals surface area contributed by atoms with Crippen LogP contribution in [0.1, 0.15) is 10.4 Å². The first-order valence-electron chi connectivity index (χ1n) is 6.95. The molecule has 0 aliphatic carbocycles. The predicted molar refractivity (Wildman–Crippen MR) is 89.8 cm³/mol. The normalized spacial score (nSPS) is 11.3. The van der Waals surface area contributed by atoms with E-state index in [2.05, 4.69) is 4.72 Å². The maximum Gasteiger partial charge on any atom is 0.335 e. The molecule has 0 atom stereocenters. The van der Waals surface area contributed by atoms with Gasteiger partial charge < -0.3 is 10.2 Å². The first-order chi connectivity index (χ1) is 11.4. The zero-order valence-electron chi connectivity index (χ0n) is 12.3. The van der Waals surface area contributed by atoms with Gasteiger partial charge in [-0.05, 0) is 30.3 Å². The first-order valence-corrected chi connectivity index (χ1v) is 8.44. The van der Waals surface area contributed by atoms with Crippen LogP contribution < -0.4 is 4.72 Å². The van der Waals surface area contributed by atoms with Crippen molar-refractivity contribution in [3.05, 3.63) is 66.2 Å². The third-order valence-corrected chi connectivity index (χ3v) is 4.90. The number of fused-ring (bicyclic) bond motifs is 1. The Balaban J connectivity index is 2.06. The molecule has 3 aromatic carbocycles. The zero-order valence-corrected chi connectivity index (χ0v) is 13.1. The van der Waals surface area contributed by atoms with Crippen LogP contribution in [0.15, 0.2) is 65.6 Å². The summed E-state index contributed by atoms with van der Waals surface area (Å²) >= 11 is 0. The van der Waals surface area contributed by atoms with E-state index in [9.17, 15) is 18.3 Å².